The minimum Gasteiger partial charge on any atom is -0.481 e. The zero-order valence-corrected chi connectivity index (χ0v) is 16.0. The van der Waals surface area contributed by atoms with E-state index in [4.69, 9.17) is 20.9 Å². The van der Waals surface area contributed by atoms with Gasteiger partial charge in [0.1, 0.15) is 11.5 Å². The number of amides is 2. The van der Waals surface area contributed by atoms with Gasteiger partial charge in [-0.1, -0.05) is 22.8 Å². The number of ether oxygens (including phenoxy) is 1. The van der Waals surface area contributed by atoms with E-state index < -0.39 is 6.10 Å². The standard InChI is InChI=1S/C19H22ClN3O4/c1-12-10-17(22-27-12)21-18(24)14-6-8-23(9-7-14)19(25)13(2)26-16-5-3-4-15(20)11-16/h3-5,10-11,13-14H,6-9H2,1-2H3,(H,21,22,24). The van der Waals surface area contributed by atoms with Crippen LogP contribution in [0, 0.1) is 12.8 Å². The maximum atomic E-state index is 12.6. The number of hydrogen-bond acceptors (Lipinski definition) is 5. The van der Waals surface area contributed by atoms with Crippen molar-refractivity contribution in [3.8, 4) is 5.75 Å². The molecule has 1 saturated heterocycles. The minimum absolute atomic E-state index is 0.0963. The SMILES string of the molecule is Cc1cc(NC(=O)C2CCN(C(=O)C(C)Oc3cccc(Cl)c3)CC2)no1. The van der Waals surface area contributed by atoms with Gasteiger partial charge in [0.05, 0.1) is 0 Å². The number of aromatic nitrogens is 1. The quantitative estimate of drug-likeness (QED) is 0.845. The minimum atomic E-state index is -0.619. The topological polar surface area (TPSA) is 84.7 Å². The van der Waals surface area contributed by atoms with E-state index in [0.29, 0.717) is 48.3 Å². The molecule has 8 heteroatoms. The summed E-state index contributed by atoms with van der Waals surface area (Å²) < 4.78 is 10.6. The summed E-state index contributed by atoms with van der Waals surface area (Å²) in [6.45, 7) is 4.50. The lowest BCUT2D eigenvalue weighted by Crippen LogP contribution is -2.46. The monoisotopic (exact) mass is 391 g/mol. The third-order valence-electron chi connectivity index (χ3n) is 4.51. The zero-order chi connectivity index (χ0) is 19.4. The fraction of sp³-hybridized carbons (Fsp3) is 0.421. The van der Waals surface area contributed by atoms with Crippen molar-refractivity contribution in [3.63, 3.8) is 0 Å². The lowest BCUT2D eigenvalue weighted by molar-refractivity contribution is -0.140. The Morgan fingerprint density at radius 1 is 1.33 bits per heavy atom. The van der Waals surface area contributed by atoms with Crippen LogP contribution in [0.4, 0.5) is 5.82 Å². The van der Waals surface area contributed by atoms with E-state index in [9.17, 15) is 9.59 Å². The molecule has 1 fully saturated rings. The van der Waals surface area contributed by atoms with E-state index in [-0.39, 0.29) is 17.7 Å². The first-order valence-electron chi connectivity index (χ1n) is 8.87. The van der Waals surface area contributed by atoms with Crippen molar-refractivity contribution in [1.82, 2.24) is 10.1 Å². The molecule has 2 amide bonds. The lowest BCUT2D eigenvalue weighted by atomic mass is 9.95. The average Bonchev–Trinajstić information content (AvgIpc) is 3.06. The largest absolute Gasteiger partial charge is 0.481 e. The van der Waals surface area contributed by atoms with Crippen molar-refractivity contribution in [3.05, 3.63) is 41.1 Å². The maximum Gasteiger partial charge on any atom is 0.263 e. The Labute approximate surface area is 162 Å². The van der Waals surface area contributed by atoms with E-state index in [1.807, 2.05) is 0 Å². The zero-order valence-electron chi connectivity index (χ0n) is 15.3. The third kappa shape index (κ3) is 5.01. The van der Waals surface area contributed by atoms with Crippen LogP contribution >= 0.6 is 11.6 Å². The van der Waals surface area contributed by atoms with Gasteiger partial charge in [-0.15, -0.1) is 0 Å². The van der Waals surface area contributed by atoms with Crippen LogP contribution in [0.1, 0.15) is 25.5 Å². The summed E-state index contributed by atoms with van der Waals surface area (Å²) in [7, 11) is 0. The van der Waals surface area contributed by atoms with E-state index in [0.717, 1.165) is 0 Å². The molecule has 1 aliphatic heterocycles. The van der Waals surface area contributed by atoms with Gasteiger partial charge >= 0.3 is 0 Å². The van der Waals surface area contributed by atoms with Gasteiger partial charge in [-0.25, -0.2) is 0 Å². The normalized spacial score (nSPS) is 16.0. The van der Waals surface area contributed by atoms with Gasteiger partial charge in [-0.2, -0.15) is 0 Å². The van der Waals surface area contributed by atoms with Crippen LogP contribution in [-0.2, 0) is 9.59 Å². The molecule has 1 unspecified atom stereocenters. The summed E-state index contributed by atoms with van der Waals surface area (Å²) in [6, 6.07) is 8.63. The molecule has 1 aromatic heterocycles. The second-order valence-corrected chi connectivity index (χ2v) is 7.07. The van der Waals surface area contributed by atoms with Crippen LogP contribution < -0.4 is 10.1 Å². The summed E-state index contributed by atoms with van der Waals surface area (Å²) in [5, 5.41) is 7.08. The van der Waals surface area contributed by atoms with Gasteiger partial charge in [0, 0.05) is 30.1 Å². The summed E-state index contributed by atoms with van der Waals surface area (Å²) in [4.78, 5) is 26.7. The van der Waals surface area contributed by atoms with E-state index in [2.05, 4.69) is 10.5 Å². The number of nitrogens with one attached hydrogen (secondary N) is 1. The fourth-order valence-electron chi connectivity index (χ4n) is 3.07. The van der Waals surface area contributed by atoms with Crippen molar-refractivity contribution in [2.24, 2.45) is 5.92 Å². The number of halogens is 1. The number of hydrogen-bond donors (Lipinski definition) is 1. The van der Waals surface area contributed by atoms with Crippen LogP contribution in [-0.4, -0.2) is 41.1 Å². The van der Waals surface area contributed by atoms with Gasteiger partial charge in [-0.3, -0.25) is 9.59 Å². The number of anilines is 1. The summed E-state index contributed by atoms with van der Waals surface area (Å²) in [5.74, 6) is 1.26. The molecule has 1 N–H and O–H groups in total. The van der Waals surface area contributed by atoms with Gasteiger partial charge < -0.3 is 19.5 Å². The van der Waals surface area contributed by atoms with Crippen LogP contribution in [0.5, 0.6) is 5.75 Å². The highest BCUT2D eigenvalue weighted by molar-refractivity contribution is 6.30. The molecule has 2 aromatic rings. The van der Waals surface area contributed by atoms with Crippen LogP contribution in [0.3, 0.4) is 0 Å². The Morgan fingerprint density at radius 2 is 2.07 bits per heavy atom. The number of likely N-dealkylation sites (tertiary alicyclic amines) is 1. The summed E-state index contributed by atoms with van der Waals surface area (Å²) in [5.41, 5.74) is 0. The predicted octanol–water partition coefficient (Wildman–Crippen LogP) is 3.28. The van der Waals surface area contributed by atoms with Crippen molar-refractivity contribution < 1.29 is 18.8 Å². The molecule has 27 heavy (non-hydrogen) atoms. The number of benzene rings is 1. The first-order valence-corrected chi connectivity index (χ1v) is 9.25. The number of aryl methyl sites for hydroxylation is 1. The first-order chi connectivity index (χ1) is 12.9. The third-order valence-corrected chi connectivity index (χ3v) is 4.75. The van der Waals surface area contributed by atoms with E-state index in [1.54, 1.807) is 49.1 Å². The maximum absolute atomic E-state index is 12.6. The Balaban J connectivity index is 1.49. The molecule has 0 spiro atoms. The summed E-state index contributed by atoms with van der Waals surface area (Å²) >= 11 is 5.94. The predicted molar refractivity (Wildman–Crippen MR) is 101 cm³/mol. The van der Waals surface area contributed by atoms with E-state index >= 15 is 0 Å². The molecule has 1 aromatic carbocycles. The van der Waals surface area contributed by atoms with Crippen molar-refractivity contribution in [2.75, 3.05) is 18.4 Å². The van der Waals surface area contributed by atoms with Crippen LogP contribution in [0.2, 0.25) is 5.02 Å². The van der Waals surface area contributed by atoms with Gasteiger partial charge in [-0.05, 0) is 44.9 Å². The Morgan fingerprint density at radius 3 is 2.70 bits per heavy atom. The molecule has 0 saturated carbocycles. The number of piperidine rings is 1. The number of carbonyl (C=O) groups is 2. The van der Waals surface area contributed by atoms with Crippen molar-refractivity contribution in [2.45, 2.75) is 32.8 Å². The molecular weight excluding hydrogens is 370 g/mol. The summed E-state index contributed by atoms with van der Waals surface area (Å²) in [6.07, 6.45) is 0.572. The second-order valence-electron chi connectivity index (χ2n) is 6.63. The molecule has 1 atom stereocenters. The number of rotatable bonds is 5. The highest BCUT2D eigenvalue weighted by atomic mass is 35.5. The molecule has 144 valence electrons. The fourth-order valence-corrected chi connectivity index (χ4v) is 3.25. The highest BCUT2D eigenvalue weighted by Crippen LogP contribution is 2.22. The number of nitrogens with zero attached hydrogens (tertiary/aromatic N) is 2. The lowest BCUT2D eigenvalue weighted by Gasteiger charge is -2.32. The molecule has 7 nitrogen and oxygen atoms in total. The second kappa shape index (κ2) is 8.43. The van der Waals surface area contributed by atoms with Gasteiger partial charge in [0.2, 0.25) is 5.91 Å². The average molecular weight is 392 g/mol. The Kier molecular flexibility index (Phi) is 6.01. The van der Waals surface area contributed by atoms with Gasteiger partial charge in [0.15, 0.2) is 11.9 Å². The Bertz CT molecular complexity index is 815. The molecule has 2 heterocycles. The van der Waals surface area contributed by atoms with E-state index in [1.165, 1.54) is 0 Å². The van der Waals surface area contributed by atoms with Crippen LogP contribution in [0.15, 0.2) is 34.9 Å². The Hall–Kier alpha value is -2.54. The van der Waals surface area contributed by atoms with Gasteiger partial charge in [0.25, 0.3) is 5.91 Å². The van der Waals surface area contributed by atoms with Crippen molar-refractivity contribution in [1.29, 1.82) is 0 Å². The molecule has 0 aliphatic carbocycles. The molecule has 0 radical (unpaired) electrons. The molecular formula is C19H22ClN3O4. The molecule has 0 bridgehead atoms. The number of carbonyl (C=O) groups excluding carboxylic acids is 2. The molecule has 1 aliphatic rings. The highest BCUT2D eigenvalue weighted by Gasteiger charge is 2.30. The van der Waals surface area contributed by atoms with Crippen molar-refractivity contribution >= 4 is 29.2 Å². The smallest absolute Gasteiger partial charge is 0.263 e. The first kappa shape index (κ1) is 19.2. The molecule has 3 rings (SSSR count). The van der Waals surface area contributed by atoms with Crippen LogP contribution in [0.25, 0.3) is 0 Å².